The van der Waals surface area contributed by atoms with Crippen LogP contribution in [0.1, 0.15) is 42.7 Å². The first-order valence-electron chi connectivity index (χ1n) is 5.52. The van der Waals surface area contributed by atoms with E-state index in [4.69, 9.17) is 15.6 Å². The zero-order valence-electron chi connectivity index (χ0n) is 10.6. The molecule has 0 aliphatic rings. The highest BCUT2D eigenvalue weighted by atomic mass is 16.6. The molecule has 0 bridgehead atoms. The number of nitrogens with two attached hydrogens (primary N) is 1. The van der Waals surface area contributed by atoms with Crippen molar-refractivity contribution in [3.63, 3.8) is 0 Å². The highest BCUT2D eigenvalue weighted by Crippen LogP contribution is 2.17. The molecule has 0 unspecified atom stereocenters. The number of hydrogen-bond donors (Lipinski definition) is 2. The van der Waals surface area contributed by atoms with Crippen LogP contribution >= 0.6 is 0 Å². The van der Waals surface area contributed by atoms with Crippen LogP contribution in [0.25, 0.3) is 0 Å². The van der Waals surface area contributed by atoms with Gasteiger partial charge in [-0.3, -0.25) is 0 Å². The number of carbonyl (C=O) groups is 2. The quantitative estimate of drug-likeness (QED) is 0.798. The average Bonchev–Trinajstić information content (AvgIpc) is 2.26. The topological polar surface area (TPSA) is 89.6 Å². The summed E-state index contributed by atoms with van der Waals surface area (Å²) < 4.78 is 5.15. The molecule has 0 aliphatic carbocycles. The second-order valence-electron chi connectivity index (χ2n) is 4.94. The van der Waals surface area contributed by atoms with Gasteiger partial charge in [0.05, 0.1) is 5.56 Å². The highest BCUT2D eigenvalue weighted by Gasteiger charge is 2.23. The zero-order chi connectivity index (χ0) is 13.9. The van der Waals surface area contributed by atoms with Crippen molar-refractivity contribution in [3.8, 4) is 0 Å². The third-order valence-electron chi connectivity index (χ3n) is 2.18. The third-order valence-corrected chi connectivity index (χ3v) is 2.18. The molecule has 0 spiro atoms. The van der Waals surface area contributed by atoms with E-state index in [1.807, 2.05) is 0 Å². The van der Waals surface area contributed by atoms with Gasteiger partial charge >= 0.3 is 11.9 Å². The Balaban J connectivity index is 2.81. The van der Waals surface area contributed by atoms with E-state index in [-0.39, 0.29) is 5.56 Å². The molecule has 0 fully saturated rings. The minimum absolute atomic E-state index is 0.148. The lowest BCUT2D eigenvalue weighted by Gasteiger charge is -2.22. The van der Waals surface area contributed by atoms with Crippen molar-refractivity contribution in [2.75, 3.05) is 0 Å². The van der Waals surface area contributed by atoms with Gasteiger partial charge in [-0.1, -0.05) is 12.1 Å². The van der Waals surface area contributed by atoms with Gasteiger partial charge in [0.2, 0.25) is 0 Å². The van der Waals surface area contributed by atoms with Crippen LogP contribution in [0.5, 0.6) is 0 Å². The number of esters is 1. The summed E-state index contributed by atoms with van der Waals surface area (Å²) in [5.74, 6) is -1.56. The van der Waals surface area contributed by atoms with Gasteiger partial charge < -0.3 is 15.6 Å². The molecule has 0 aliphatic heterocycles. The number of hydrogen-bond acceptors (Lipinski definition) is 4. The first-order chi connectivity index (χ1) is 8.20. The minimum Gasteiger partial charge on any atom is -0.478 e. The number of ether oxygens (including phenoxy) is 1. The molecule has 98 valence electrons. The molecule has 0 amide bonds. The van der Waals surface area contributed by atoms with Crippen molar-refractivity contribution in [1.29, 1.82) is 0 Å². The fraction of sp³-hybridized carbons (Fsp3) is 0.385. The minimum atomic E-state index is -1.02. The summed E-state index contributed by atoms with van der Waals surface area (Å²) in [4.78, 5) is 22.4. The van der Waals surface area contributed by atoms with Crippen molar-refractivity contribution in [3.05, 3.63) is 35.4 Å². The van der Waals surface area contributed by atoms with Crippen LogP contribution in [0.3, 0.4) is 0 Å². The van der Waals surface area contributed by atoms with E-state index in [2.05, 4.69) is 0 Å². The van der Waals surface area contributed by atoms with E-state index in [1.54, 1.807) is 20.8 Å². The number of carboxylic acid groups (broad SMARTS) is 1. The summed E-state index contributed by atoms with van der Waals surface area (Å²) in [6.07, 6.45) is 0. The standard InChI is InChI=1S/C13H17NO4/c1-13(2,3)18-12(17)10(14)8-4-6-9(7-5-8)11(15)16/h4-7,10H,14H2,1-3H3,(H,15,16)/t10-/m1/s1. The second-order valence-corrected chi connectivity index (χ2v) is 4.94. The summed E-state index contributed by atoms with van der Waals surface area (Å²) in [7, 11) is 0. The van der Waals surface area contributed by atoms with E-state index in [9.17, 15) is 9.59 Å². The van der Waals surface area contributed by atoms with Crippen LogP contribution in [0.15, 0.2) is 24.3 Å². The van der Waals surface area contributed by atoms with Crippen LogP contribution in [0.2, 0.25) is 0 Å². The molecule has 18 heavy (non-hydrogen) atoms. The van der Waals surface area contributed by atoms with Crippen molar-refractivity contribution in [2.45, 2.75) is 32.4 Å². The highest BCUT2D eigenvalue weighted by molar-refractivity contribution is 5.87. The number of aromatic carboxylic acids is 1. The molecule has 1 rings (SSSR count). The molecule has 5 nitrogen and oxygen atoms in total. The molecule has 0 radical (unpaired) electrons. The van der Waals surface area contributed by atoms with Gasteiger partial charge in [-0.2, -0.15) is 0 Å². The first kappa shape index (κ1) is 14.2. The molecule has 5 heteroatoms. The summed E-state index contributed by atoms with van der Waals surface area (Å²) >= 11 is 0. The van der Waals surface area contributed by atoms with Gasteiger partial charge in [0.25, 0.3) is 0 Å². The Morgan fingerprint density at radius 1 is 1.22 bits per heavy atom. The lowest BCUT2D eigenvalue weighted by molar-refractivity contribution is -0.156. The Hall–Kier alpha value is -1.88. The summed E-state index contributed by atoms with van der Waals surface area (Å²) in [5, 5.41) is 8.75. The molecule has 0 saturated carbocycles. The first-order valence-corrected chi connectivity index (χ1v) is 5.52. The monoisotopic (exact) mass is 251 g/mol. The molecule has 1 aromatic rings. The molecule has 1 aromatic carbocycles. The molecular weight excluding hydrogens is 234 g/mol. The van der Waals surface area contributed by atoms with Crippen molar-refractivity contribution in [1.82, 2.24) is 0 Å². The fourth-order valence-electron chi connectivity index (χ4n) is 1.33. The van der Waals surface area contributed by atoms with E-state index >= 15 is 0 Å². The van der Waals surface area contributed by atoms with Crippen molar-refractivity contribution < 1.29 is 19.4 Å². The Labute approximate surface area is 106 Å². The summed E-state index contributed by atoms with van der Waals surface area (Å²) in [5.41, 5.74) is 5.82. The van der Waals surface area contributed by atoms with Crippen LogP contribution < -0.4 is 5.73 Å². The SMILES string of the molecule is CC(C)(C)OC(=O)[C@H](N)c1ccc(C(=O)O)cc1. The lowest BCUT2D eigenvalue weighted by atomic mass is 10.1. The van der Waals surface area contributed by atoms with Crippen LogP contribution in [-0.2, 0) is 9.53 Å². The maximum absolute atomic E-state index is 11.7. The van der Waals surface area contributed by atoms with Gasteiger partial charge in [0.1, 0.15) is 11.6 Å². The smallest absolute Gasteiger partial charge is 0.335 e. The predicted octanol–water partition coefficient (Wildman–Crippen LogP) is 1.73. The number of carbonyl (C=O) groups excluding carboxylic acids is 1. The lowest BCUT2D eigenvalue weighted by Crippen LogP contribution is -2.31. The Bertz CT molecular complexity index is 445. The third kappa shape index (κ3) is 3.85. The van der Waals surface area contributed by atoms with Crippen LogP contribution in [0.4, 0.5) is 0 Å². The van der Waals surface area contributed by atoms with Gasteiger partial charge in [-0.05, 0) is 38.5 Å². The second kappa shape index (κ2) is 5.18. The molecule has 1 atom stereocenters. The van der Waals surface area contributed by atoms with Crippen molar-refractivity contribution in [2.24, 2.45) is 5.73 Å². The van der Waals surface area contributed by atoms with Crippen LogP contribution in [0, 0.1) is 0 Å². The van der Waals surface area contributed by atoms with E-state index < -0.39 is 23.6 Å². The van der Waals surface area contributed by atoms with E-state index in [0.29, 0.717) is 5.56 Å². The Morgan fingerprint density at radius 2 is 1.72 bits per heavy atom. The molecule has 0 heterocycles. The molecule has 3 N–H and O–H groups in total. The summed E-state index contributed by atoms with van der Waals surface area (Å²) in [6.45, 7) is 5.27. The Kier molecular flexibility index (Phi) is 4.08. The maximum Gasteiger partial charge on any atom is 0.335 e. The Morgan fingerprint density at radius 3 is 2.11 bits per heavy atom. The van der Waals surface area contributed by atoms with Gasteiger partial charge in [-0.15, -0.1) is 0 Å². The normalized spacial score (nSPS) is 12.9. The number of benzene rings is 1. The zero-order valence-corrected chi connectivity index (χ0v) is 10.6. The molecule has 0 aromatic heterocycles. The fourth-order valence-corrected chi connectivity index (χ4v) is 1.33. The van der Waals surface area contributed by atoms with Gasteiger partial charge in [0.15, 0.2) is 0 Å². The van der Waals surface area contributed by atoms with Gasteiger partial charge in [0, 0.05) is 0 Å². The van der Waals surface area contributed by atoms with Gasteiger partial charge in [-0.25, -0.2) is 9.59 Å². The average molecular weight is 251 g/mol. The van der Waals surface area contributed by atoms with E-state index in [0.717, 1.165) is 0 Å². The molecule has 0 saturated heterocycles. The van der Waals surface area contributed by atoms with E-state index in [1.165, 1.54) is 24.3 Å². The maximum atomic E-state index is 11.7. The number of rotatable bonds is 3. The largest absolute Gasteiger partial charge is 0.478 e. The predicted molar refractivity (Wildman–Crippen MR) is 66.2 cm³/mol. The summed E-state index contributed by atoms with van der Waals surface area (Å²) in [6, 6.07) is 4.92. The molecular formula is C13H17NO4. The van der Waals surface area contributed by atoms with Crippen molar-refractivity contribution >= 4 is 11.9 Å². The van der Waals surface area contributed by atoms with Crippen LogP contribution in [-0.4, -0.2) is 22.6 Å². The number of carboxylic acids is 1.